The lowest BCUT2D eigenvalue weighted by molar-refractivity contribution is 0.0916. The quantitative estimate of drug-likeness (QED) is 0.603. The molecule has 4 nitrogen and oxygen atoms in total. The largest absolute Gasteiger partial charge is 0.464 e. The average molecular weight is 335 g/mol. The fourth-order valence-corrected chi connectivity index (χ4v) is 2.92. The number of hydrogen-bond acceptors (Lipinski definition) is 4. The zero-order valence-corrected chi connectivity index (χ0v) is 14.5. The topological polar surface area (TPSA) is 50.5 Å². The molecule has 0 aliphatic rings. The highest BCUT2D eigenvalue weighted by atomic mass is 16.3. The Morgan fingerprint density at radius 1 is 0.960 bits per heavy atom. The fraction of sp³-hybridized carbons (Fsp3) is 0.238. The van der Waals surface area contributed by atoms with Crippen molar-refractivity contribution < 1.29 is 14.0 Å². The van der Waals surface area contributed by atoms with Gasteiger partial charge in [0.1, 0.15) is 5.58 Å². The van der Waals surface area contributed by atoms with Crippen LogP contribution < -0.4 is 0 Å². The van der Waals surface area contributed by atoms with Gasteiger partial charge in [-0.25, -0.2) is 0 Å². The zero-order valence-electron chi connectivity index (χ0n) is 14.5. The van der Waals surface area contributed by atoms with Crippen LogP contribution in [0, 0.1) is 0 Å². The molecule has 0 aliphatic carbocycles. The molecule has 0 atom stereocenters. The number of benzene rings is 2. The van der Waals surface area contributed by atoms with Crippen LogP contribution in [0.3, 0.4) is 0 Å². The fourth-order valence-electron chi connectivity index (χ4n) is 2.92. The molecule has 0 aliphatic heterocycles. The molecule has 3 rings (SSSR count). The molecule has 25 heavy (non-hydrogen) atoms. The van der Waals surface area contributed by atoms with Gasteiger partial charge in [0.05, 0.1) is 6.26 Å². The van der Waals surface area contributed by atoms with E-state index in [1.54, 1.807) is 18.4 Å². The smallest absolute Gasteiger partial charge is 0.163 e. The lowest BCUT2D eigenvalue weighted by Gasteiger charge is -2.13. The summed E-state index contributed by atoms with van der Waals surface area (Å²) in [7, 11) is 3.94. The molecule has 0 bridgehead atoms. The first-order valence-corrected chi connectivity index (χ1v) is 8.31. The monoisotopic (exact) mass is 335 g/mol. The average Bonchev–Trinajstić information content (AvgIpc) is 3.07. The van der Waals surface area contributed by atoms with Crippen molar-refractivity contribution in [3.63, 3.8) is 0 Å². The third-order valence-corrected chi connectivity index (χ3v) is 4.16. The van der Waals surface area contributed by atoms with Crippen molar-refractivity contribution in [2.75, 3.05) is 14.1 Å². The van der Waals surface area contributed by atoms with E-state index in [1.807, 2.05) is 55.4 Å². The van der Waals surface area contributed by atoms with Gasteiger partial charge in [0, 0.05) is 35.9 Å². The molecule has 0 saturated heterocycles. The molecule has 4 heteroatoms. The van der Waals surface area contributed by atoms with E-state index in [-0.39, 0.29) is 24.4 Å². The standard InChI is InChI=1S/C21H21NO3/c1-22(2)14-17-5-3-4-6-18(17)20(24)9-8-19(23)15-7-10-21-16(13-15)11-12-25-21/h3-7,10-13H,8-9,14H2,1-2H3. The second-order valence-electron chi connectivity index (χ2n) is 6.41. The SMILES string of the molecule is CN(C)Cc1ccccc1C(=O)CCC(=O)c1ccc2occc2c1. The number of carbonyl (C=O) groups excluding carboxylic acids is 2. The van der Waals surface area contributed by atoms with Crippen LogP contribution >= 0.6 is 0 Å². The third-order valence-electron chi connectivity index (χ3n) is 4.16. The Kier molecular flexibility index (Phi) is 5.10. The van der Waals surface area contributed by atoms with Gasteiger partial charge in [-0.3, -0.25) is 9.59 Å². The summed E-state index contributed by atoms with van der Waals surface area (Å²) >= 11 is 0. The van der Waals surface area contributed by atoms with E-state index in [9.17, 15) is 9.59 Å². The molecule has 1 heterocycles. The molecule has 0 radical (unpaired) electrons. The second kappa shape index (κ2) is 7.45. The number of nitrogens with zero attached hydrogens (tertiary/aromatic N) is 1. The number of furan rings is 1. The number of fused-ring (bicyclic) bond motifs is 1. The van der Waals surface area contributed by atoms with Gasteiger partial charge in [-0.15, -0.1) is 0 Å². The normalized spacial score (nSPS) is 11.2. The Hall–Kier alpha value is -2.72. The molecule has 3 aromatic rings. The Labute approximate surface area is 147 Å². The van der Waals surface area contributed by atoms with Gasteiger partial charge in [0.2, 0.25) is 0 Å². The molecule has 2 aromatic carbocycles. The van der Waals surface area contributed by atoms with E-state index in [1.165, 1.54) is 0 Å². The van der Waals surface area contributed by atoms with Crippen molar-refractivity contribution in [3.8, 4) is 0 Å². The van der Waals surface area contributed by atoms with E-state index in [4.69, 9.17) is 4.42 Å². The summed E-state index contributed by atoms with van der Waals surface area (Å²) in [5.41, 5.74) is 3.06. The minimum Gasteiger partial charge on any atom is -0.464 e. The summed E-state index contributed by atoms with van der Waals surface area (Å²) in [6.45, 7) is 0.701. The second-order valence-corrected chi connectivity index (χ2v) is 6.41. The summed E-state index contributed by atoms with van der Waals surface area (Å²) < 4.78 is 5.28. The van der Waals surface area contributed by atoms with Crippen LogP contribution in [-0.4, -0.2) is 30.6 Å². The number of rotatable bonds is 7. The van der Waals surface area contributed by atoms with Gasteiger partial charge in [0.15, 0.2) is 11.6 Å². The Morgan fingerprint density at radius 3 is 2.52 bits per heavy atom. The van der Waals surface area contributed by atoms with Crippen LogP contribution in [0.1, 0.15) is 39.1 Å². The third kappa shape index (κ3) is 4.03. The molecule has 128 valence electrons. The Bertz CT molecular complexity index is 908. The molecule has 0 fully saturated rings. The van der Waals surface area contributed by atoms with Crippen LogP contribution in [0.2, 0.25) is 0 Å². The van der Waals surface area contributed by atoms with Crippen LogP contribution in [0.25, 0.3) is 11.0 Å². The molecular weight excluding hydrogens is 314 g/mol. The summed E-state index contributed by atoms with van der Waals surface area (Å²) in [5.74, 6) is -0.0169. The molecular formula is C21H21NO3. The van der Waals surface area contributed by atoms with Gasteiger partial charge < -0.3 is 9.32 Å². The number of carbonyl (C=O) groups is 2. The highest BCUT2D eigenvalue weighted by Gasteiger charge is 2.15. The number of hydrogen-bond donors (Lipinski definition) is 0. The van der Waals surface area contributed by atoms with E-state index in [0.29, 0.717) is 17.7 Å². The van der Waals surface area contributed by atoms with Crippen LogP contribution in [-0.2, 0) is 6.54 Å². The van der Waals surface area contributed by atoms with Gasteiger partial charge in [-0.05, 0) is 43.9 Å². The predicted molar refractivity (Wildman–Crippen MR) is 97.9 cm³/mol. The number of ketones is 2. The zero-order chi connectivity index (χ0) is 17.8. The van der Waals surface area contributed by atoms with E-state index in [2.05, 4.69) is 0 Å². The molecule has 0 amide bonds. The van der Waals surface area contributed by atoms with Gasteiger partial charge >= 0.3 is 0 Å². The number of Topliss-reactive ketones (excluding diaryl/α,β-unsaturated/α-hetero) is 2. The first kappa shape index (κ1) is 17.1. The first-order valence-electron chi connectivity index (χ1n) is 8.31. The Balaban J connectivity index is 1.68. The maximum Gasteiger partial charge on any atom is 0.163 e. The first-order chi connectivity index (χ1) is 12.0. The molecule has 0 spiro atoms. The van der Waals surface area contributed by atoms with Crippen LogP contribution in [0.5, 0.6) is 0 Å². The van der Waals surface area contributed by atoms with E-state index < -0.39 is 0 Å². The van der Waals surface area contributed by atoms with Crippen molar-refractivity contribution in [1.29, 1.82) is 0 Å². The molecule has 0 N–H and O–H groups in total. The molecule has 0 saturated carbocycles. The predicted octanol–water partition coefficient (Wildman–Crippen LogP) is 4.34. The molecule has 0 unspecified atom stereocenters. The molecule has 1 aromatic heterocycles. The van der Waals surface area contributed by atoms with Crippen molar-refractivity contribution in [2.45, 2.75) is 19.4 Å². The van der Waals surface area contributed by atoms with Crippen LogP contribution in [0.4, 0.5) is 0 Å². The van der Waals surface area contributed by atoms with Crippen molar-refractivity contribution in [3.05, 3.63) is 71.5 Å². The summed E-state index contributed by atoms with van der Waals surface area (Å²) in [5, 5.41) is 0.897. The summed E-state index contributed by atoms with van der Waals surface area (Å²) in [6, 6.07) is 14.8. The van der Waals surface area contributed by atoms with Crippen molar-refractivity contribution in [1.82, 2.24) is 4.90 Å². The van der Waals surface area contributed by atoms with Crippen molar-refractivity contribution >= 4 is 22.5 Å². The van der Waals surface area contributed by atoms with Gasteiger partial charge in [-0.2, -0.15) is 0 Å². The summed E-state index contributed by atoms with van der Waals surface area (Å²) in [4.78, 5) is 27.0. The Morgan fingerprint density at radius 2 is 1.72 bits per heavy atom. The maximum atomic E-state index is 12.6. The lowest BCUT2D eigenvalue weighted by atomic mass is 9.97. The van der Waals surface area contributed by atoms with Gasteiger partial charge in [-0.1, -0.05) is 24.3 Å². The van der Waals surface area contributed by atoms with E-state index in [0.717, 1.165) is 16.5 Å². The maximum absolute atomic E-state index is 12.6. The summed E-state index contributed by atoms with van der Waals surface area (Å²) in [6.07, 6.45) is 2.02. The van der Waals surface area contributed by atoms with Crippen LogP contribution in [0.15, 0.2) is 59.2 Å². The van der Waals surface area contributed by atoms with Crippen molar-refractivity contribution in [2.24, 2.45) is 0 Å². The van der Waals surface area contributed by atoms with Gasteiger partial charge in [0.25, 0.3) is 0 Å². The highest BCUT2D eigenvalue weighted by Crippen LogP contribution is 2.19. The minimum atomic E-state index is -0.0264. The lowest BCUT2D eigenvalue weighted by Crippen LogP contribution is -2.14. The highest BCUT2D eigenvalue weighted by molar-refractivity contribution is 6.04. The minimum absolute atomic E-state index is 0.00943. The van der Waals surface area contributed by atoms with E-state index >= 15 is 0 Å².